The molecule has 0 spiro atoms. The minimum Gasteiger partial charge on any atom is -0.461 e. The fourth-order valence-corrected chi connectivity index (χ4v) is 4.57. The van der Waals surface area contributed by atoms with Gasteiger partial charge in [-0.1, -0.05) is 61.9 Å². The van der Waals surface area contributed by atoms with Crippen molar-refractivity contribution in [1.29, 1.82) is 0 Å². The number of carbonyl (C=O) groups excluding carboxylic acids is 1. The van der Waals surface area contributed by atoms with Crippen LogP contribution < -0.4 is 0 Å². The van der Waals surface area contributed by atoms with Crippen molar-refractivity contribution in [2.45, 2.75) is 40.2 Å². The number of hydrogen-bond acceptors (Lipinski definition) is 6. The molecule has 0 saturated heterocycles. The summed E-state index contributed by atoms with van der Waals surface area (Å²) in [6.07, 6.45) is 1.95. The number of tetrazole rings is 1. The normalized spacial score (nSPS) is 11.2. The minimum absolute atomic E-state index is 0.322. The van der Waals surface area contributed by atoms with E-state index < -0.39 is 5.97 Å². The highest BCUT2D eigenvalue weighted by molar-refractivity contribution is 5.92. The Labute approximate surface area is 209 Å². The number of nitrogens with zero attached hydrogens (tertiary/aromatic N) is 5. The maximum atomic E-state index is 12.4. The summed E-state index contributed by atoms with van der Waals surface area (Å²) in [5, 5.41) is 15.4. The molecule has 182 valence electrons. The third-order valence-corrected chi connectivity index (χ3v) is 6.28. The number of pyridine rings is 1. The van der Waals surface area contributed by atoms with Gasteiger partial charge in [-0.25, -0.2) is 14.9 Å². The van der Waals surface area contributed by atoms with Crippen LogP contribution in [0.1, 0.15) is 47.6 Å². The van der Waals surface area contributed by atoms with Gasteiger partial charge in [0.05, 0.1) is 6.61 Å². The lowest BCUT2D eigenvalue weighted by Crippen LogP contribution is -2.10. The van der Waals surface area contributed by atoms with Gasteiger partial charge in [-0.3, -0.25) is 0 Å². The van der Waals surface area contributed by atoms with Crippen molar-refractivity contribution in [3.8, 4) is 22.5 Å². The number of hydrogen-bond donors (Lipinski definition) is 1. The van der Waals surface area contributed by atoms with E-state index in [2.05, 4.69) is 68.5 Å². The van der Waals surface area contributed by atoms with E-state index in [1.165, 1.54) is 5.69 Å². The van der Waals surface area contributed by atoms with Crippen LogP contribution in [0.5, 0.6) is 0 Å². The fourth-order valence-electron chi connectivity index (χ4n) is 4.57. The third-order valence-electron chi connectivity index (χ3n) is 6.28. The van der Waals surface area contributed by atoms with E-state index >= 15 is 0 Å². The van der Waals surface area contributed by atoms with Crippen molar-refractivity contribution in [3.63, 3.8) is 0 Å². The first-order valence-electron chi connectivity index (χ1n) is 12.2. The lowest BCUT2D eigenvalue weighted by molar-refractivity contribution is 0.0519. The molecule has 0 unspecified atom stereocenters. The maximum Gasteiger partial charge on any atom is 0.357 e. The molecule has 5 rings (SSSR count). The number of rotatable bonds is 8. The zero-order valence-corrected chi connectivity index (χ0v) is 20.7. The summed E-state index contributed by atoms with van der Waals surface area (Å²) in [5.41, 5.74) is 7.61. The van der Waals surface area contributed by atoms with Gasteiger partial charge in [0.2, 0.25) is 0 Å². The van der Waals surface area contributed by atoms with Crippen molar-refractivity contribution in [1.82, 2.24) is 30.2 Å². The van der Waals surface area contributed by atoms with Crippen LogP contribution in [0.25, 0.3) is 33.5 Å². The minimum atomic E-state index is -0.391. The Kier molecular flexibility index (Phi) is 6.58. The van der Waals surface area contributed by atoms with Gasteiger partial charge >= 0.3 is 5.97 Å². The first-order valence-corrected chi connectivity index (χ1v) is 12.2. The third kappa shape index (κ3) is 4.49. The second-order valence-electron chi connectivity index (χ2n) is 8.75. The smallest absolute Gasteiger partial charge is 0.357 e. The molecule has 0 radical (unpaired) electrons. The van der Waals surface area contributed by atoms with Crippen molar-refractivity contribution in [3.05, 3.63) is 83.2 Å². The van der Waals surface area contributed by atoms with Gasteiger partial charge < -0.3 is 9.30 Å². The molecule has 2 aromatic carbocycles. The van der Waals surface area contributed by atoms with Gasteiger partial charge in [-0.2, -0.15) is 0 Å². The van der Waals surface area contributed by atoms with Crippen LogP contribution >= 0.6 is 0 Å². The zero-order chi connectivity index (χ0) is 25.1. The van der Waals surface area contributed by atoms with Gasteiger partial charge in [-0.15, -0.1) is 5.10 Å². The van der Waals surface area contributed by atoms with E-state index in [4.69, 9.17) is 9.72 Å². The van der Waals surface area contributed by atoms with Crippen molar-refractivity contribution < 1.29 is 9.53 Å². The van der Waals surface area contributed by atoms with E-state index in [-0.39, 0.29) is 0 Å². The Balaban J connectivity index is 1.51. The summed E-state index contributed by atoms with van der Waals surface area (Å²) < 4.78 is 7.43. The number of aryl methyl sites for hydroxylation is 2. The number of aromatic amines is 1. The van der Waals surface area contributed by atoms with Crippen LogP contribution in [0.3, 0.4) is 0 Å². The molecule has 3 heterocycles. The van der Waals surface area contributed by atoms with E-state index in [1.54, 1.807) is 6.92 Å². The largest absolute Gasteiger partial charge is 0.461 e. The van der Waals surface area contributed by atoms with Gasteiger partial charge in [0, 0.05) is 23.2 Å². The summed E-state index contributed by atoms with van der Waals surface area (Å²) in [7, 11) is 0. The average Bonchev–Trinajstić information content (AvgIpc) is 3.54. The lowest BCUT2D eigenvalue weighted by atomic mass is 9.98. The quantitative estimate of drug-likeness (QED) is 0.300. The van der Waals surface area contributed by atoms with Crippen LogP contribution in [-0.2, 0) is 17.7 Å². The Morgan fingerprint density at radius 2 is 1.81 bits per heavy atom. The molecular weight excluding hydrogens is 452 g/mol. The zero-order valence-electron chi connectivity index (χ0n) is 20.7. The summed E-state index contributed by atoms with van der Waals surface area (Å²) in [5.74, 6) is 0.244. The molecule has 1 N–H and O–H groups in total. The molecular formula is C28H28N6O2. The van der Waals surface area contributed by atoms with Crippen LogP contribution in [0.4, 0.5) is 0 Å². The highest BCUT2D eigenvalue weighted by atomic mass is 16.5. The molecule has 0 aliphatic heterocycles. The van der Waals surface area contributed by atoms with Gasteiger partial charge in [0.15, 0.2) is 11.5 Å². The van der Waals surface area contributed by atoms with Gasteiger partial charge in [0.1, 0.15) is 5.65 Å². The Morgan fingerprint density at radius 1 is 1.03 bits per heavy atom. The van der Waals surface area contributed by atoms with E-state index in [9.17, 15) is 4.79 Å². The van der Waals surface area contributed by atoms with Crippen LogP contribution in [0, 0.1) is 6.92 Å². The number of ether oxygens (including phenoxy) is 1. The monoisotopic (exact) mass is 480 g/mol. The molecule has 5 aromatic rings. The number of benzene rings is 2. The Bertz CT molecular complexity index is 1500. The summed E-state index contributed by atoms with van der Waals surface area (Å²) >= 11 is 0. The molecule has 0 amide bonds. The summed E-state index contributed by atoms with van der Waals surface area (Å²) in [6, 6.07) is 20.6. The molecule has 0 saturated carbocycles. The Morgan fingerprint density at radius 3 is 2.50 bits per heavy atom. The molecule has 8 nitrogen and oxygen atoms in total. The molecule has 0 bridgehead atoms. The number of carbonyl (C=O) groups is 1. The van der Waals surface area contributed by atoms with Gasteiger partial charge in [0.25, 0.3) is 0 Å². The number of H-pyrrole nitrogens is 1. The standard InChI is InChI=1S/C28H28N6O2/c1-4-8-21-16-24-18(3)15-25(28(35)36-5-2)29-27(24)34(21)17-19-11-13-20(14-12-19)22-9-6-7-10-23(22)26-30-32-33-31-26/h6-7,9-16H,4-5,8,17H2,1-3H3,(H,30,31,32,33). The number of esters is 1. The summed E-state index contributed by atoms with van der Waals surface area (Å²) in [4.78, 5) is 17.1. The van der Waals surface area contributed by atoms with Crippen LogP contribution in [-0.4, -0.2) is 42.8 Å². The lowest BCUT2D eigenvalue weighted by Gasteiger charge is -2.12. The first-order chi connectivity index (χ1) is 17.6. The average molecular weight is 481 g/mol. The highest BCUT2D eigenvalue weighted by Crippen LogP contribution is 2.30. The molecule has 36 heavy (non-hydrogen) atoms. The SMILES string of the molecule is CCCc1cc2c(C)cc(C(=O)OCC)nc2n1Cc1ccc(-c2ccccc2-c2nnn[nH]2)cc1. The number of nitrogens with one attached hydrogen (secondary N) is 1. The topological polar surface area (TPSA) is 98.6 Å². The van der Waals surface area contributed by atoms with Gasteiger partial charge in [-0.05, 0) is 65.1 Å². The second kappa shape index (κ2) is 10.1. The molecule has 3 aromatic heterocycles. The number of aromatic nitrogens is 6. The Hall–Kier alpha value is -4.33. The predicted molar refractivity (Wildman–Crippen MR) is 139 cm³/mol. The van der Waals surface area contributed by atoms with E-state index in [1.807, 2.05) is 31.2 Å². The molecule has 0 atom stereocenters. The van der Waals surface area contributed by atoms with Crippen LogP contribution in [0.15, 0.2) is 60.7 Å². The van der Waals surface area contributed by atoms with Crippen molar-refractivity contribution in [2.75, 3.05) is 6.61 Å². The highest BCUT2D eigenvalue weighted by Gasteiger charge is 2.17. The van der Waals surface area contributed by atoms with E-state index in [0.29, 0.717) is 24.7 Å². The van der Waals surface area contributed by atoms with Crippen LogP contribution in [0.2, 0.25) is 0 Å². The fraction of sp³-hybridized carbons (Fsp3) is 0.250. The second-order valence-corrected chi connectivity index (χ2v) is 8.75. The maximum absolute atomic E-state index is 12.4. The van der Waals surface area contributed by atoms with E-state index in [0.717, 1.165) is 51.7 Å². The predicted octanol–water partition coefficient (Wildman–Crippen LogP) is 5.37. The number of fused-ring (bicyclic) bond motifs is 1. The molecule has 0 aliphatic rings. The molecule has 8 heteroatoms. The molecule has 0 aliphatic carbocycles. The first kappa shape index (κ1) is 23.4. The van der Waals surface area contributed by atoms with Crippen molar-refractivity contribution in [2.24, 2.45) is 0 Å². The van der Waals surface area contributed by atoms with Crippen molar-refractivity contribution >= 4 is 17.0 Å². The summed E-state index contributed by atoms with van der Waals surface area (Å²) in [6.45, 7) is 6.97. The molecule has 0 fully saturated rings.